The summed E-state index contributed by atoms with van der Waals surface area (Å²) in [6.07, 6.45) is 3.65. The topological polar surface area (TPSA) is 25.8 Å². The van der Waals surface area contributed by atoms with Crippen molar-refractivity contribution in [3.05, 3.63) is 158 Å². The molecule has 1 heterocycles. The fourth-order valence-corrected chi connectivity index (χ4v) is 7.82. The van der Waals surface area contributed by atoms with Crippen LogP contribution in [-0.4, -0.2) is 9.97 Å². The first-order valence-electron chi connectivity index (χ1n) is 15.7. The molecule has 212 valence electrons. The molecule has 0 atom stereocenters. The molecule has 0 fully saturated rings. The number of hydrogen-bond acceptors (Lipinski definition) is 2. The summed E-state index contributed by atoms with van der Waals surface area (Å²) in [6, 6.07) is 53.1. The SMILES string of the molecule is c1cnc(-c2c3ccccc3c(-c3cccc4c(-c5ccc6ccc7cccc8ccc5c6c78)cccc34)c3ccccc23)nc1. The summed E-state index contributed by atoms with van der Waals surface area (Å²) in [6.45, 7) is 0. The standard InChI is InChI=1S/C44H26N2/c1-3-13-37-35(11-1)42(36-12-2-4-14-38(36)43(37)44-45-25-8-26-46-44)34-18-7-16-30-31(15-6-17-32(30)34)33-23-21-29-20-19-27-9-5-10-28-22-24-39(33)41(29)40(27)28/h1-26H. The van der Waals surface area contributed by atoms with Gasteiger partial charge in [0.25, 0.3) is 0 Å². The molecule has 0 bridgehead atoms. The summed E-state index contributed by atoms with van der Waals surface area (Å²) in [5.41, 5.74) is 6.05. The second-order valence-corrected chi connectivity index (χ2v) is 12.1. The van der Waals surface area contributed by atoms with E-state index in [1.165, 1.54) is 76.1 Å². The van der Waals surface area contributed by atoms with Gasteiger partial charge in [-0.1, -0.05) is 140 Å². The van der Waals surface area contributed by atoms with Gasteiger partial charge < -0.3 is 0 Å². The smallest absolute Gasteiger partial charge is 0.160 e. The average molecular weight is 583 g/mol. The molecule has 1 aromatic heterocycles. The molecule has 0 radical (unpaired) electrons. The first-order valence-corrected chi connectivity index (χ1v) is 15.7. The highest BCUT2D eigenvalue weighted by Gasteiger charge is 2.20. The van der Waals surface area contributed by atoms with Gasteiger partial charge in [0.2, 0.25) is 0 Å². The van der Waals surface area contributed by atoms with Crippen molar-refractivity contribution in [1.82, 2.24) is 9.97 Å². The zero-order valence-corrected chi connectivity index (χ0v) is 24.9. The maximum atomic E-state index is 4.69. The van der Waals surface area contributed by atoms with Crippen LogP contribution in [0.15, 0.2) is 158 Å². The third-order valence-corrected chi connectivity index (χ3v) is 9.73. The van der Waals surface area contributed by atoms with Crippen molar-refractivity contribution in [3.8, 4) is 33.6 Å². The lowest BCUT2D eigenvalue weighted by atomic mass is 9.84. The van der Waals surface area contributed by atoms with Crippen molar-refractivity contribution in [2.24, 2.45) is 0 Å². The Morgan fingerprint density at radius 1 is 0.283 bits per heavy atom. The van der Waals surface area contributed by atoms with Crippen LogP contribution >= 0.6 is 0 Å². The van der Waals surface area contributed by atoms with E-state index in [1.54, 1.807) is 0 Å². The molecule has 0 saturated carbocycles. The van der Waals surface area contributed by atoms with E-state index in [4.69, 9.17) is 9.97 Å². The van der Waals surface area contributed by atoms with Gasteiger partial charge in [0, 0.05) is 18.0 Å². The summed E-state index contributed by atoms with van der Waals surface area (Å²) in [4.78, 5) is 9.38. The van der Waals surface area contributed by atoms with Gasteiger partial charge in [0.15, 0.2) is 5.82 Å². The molecule has 0 aliphatic heterocycles. The number of aromatic nitrogens is 2. The Hall–Kier alpha value is -6.12. The van der Waals surface area contributed by atoms with Crippen molar-refractivity contribution in [2.75, 3.05) is 0 Å². The van der Waals surface area contributed by atoms with Gasteiger partial charge in [-0.15, -0.1) is 0 Å². The van der Waals surface area contributed by atoms with E-state index < -0.39 is 0 Å². The molecule has 0 aliphatic rings. The Morgan fingerprint density at radius 2 is 0.761 bits per heavy atom. The van der Waals surface area contributed by atoms with E-state index >= 15 is 0 Å². The number of benzene rings is 9. The predicted molar refractivity (Wildman–Crippen MR) is 195 cm³/mol. The highest BCUT2D eigenvalue weighted by Crippen LogP contribution is 2.46. The van der Waals surface area contributed by atoms with E-state index in [1.807, 2.05) is 18.5 Å². The van der Waals surface area contributed by atoms with Crippen LogP contribution in [0.3, 0.4) is 0 Å². The van der Waals surface area contributed by atoms with Crippen molar-refractivity contribution in [2.45, 2.75) is 0 Å². The summed E-state index contributed by atoms with van der Waals surface area (Å²) in [5.74, 6) is 0.746. The second-order valence-electron chi connectivity index (χ2n) is 12.1. The highest BCUT2D eigenvalue weighted by atomic mass is 14.9. The largest absolute Gasteiger partial charge is 0.237 e. The lowest BCUT2D eigenvalue weighted by molar-refractivity contribution is 1.18. The third-order valence-electron chi connectivity index (χ3n) is 9.73. The summed E-state index contributed by atoms with van der Waals surface area (Å²) in [5, 5.41) is 15.0. The molecule has 0 spiro atoms. The molecule has 9 aromatic carbocycles. The monoisotopic (exact) mass is 582 g/mol. The van der Waals surface area contributed by atoms with Crippen LogP contribution in [0.25, 0.3) is 98.3 Å². The molecule has 10 aromatic rings. The lowest BCUT2D eigenvalue weighted by Gasteiger charge is -2.19. The van der Waals surface area contributed by atoms with Crippen molar-refractivity contribution in [1.29, 1.82) is 0 Å². The number of fused-ring (bicyclic) bond motifs is 3. The Morgan fingerprint density at radius 3 is 1.43 bits per heavy atom. The zero-order valence-electron chi connectivity index (χ0n) is 24.9. The predicted octanol–water partition coefficient (Wildman–Crippen LogP) is 11.8. The van der Waals surface area contributed by atoms with Gasteiger partial charge in [0.1, 0.15) is 0 Å². The van der Waals surface area contributed by atoms with Crippen molar-refractivity contribution >= 4 is 64.6 Å². The Labute approximate surface area is 265 Å². The van der Waals surface area contributed by atoms with E-state index in [0.717, 1.165) is 22.2 Å². The van der Waals surface area contributed by atoms with Crippen LogP contribution in [-0.2, 0) is 0 Å². The van der Waals surface area contributed by atoms with Crippen LogP contribution in [0, 0.1) is 0 Å². The minimum atomic E-state index is 0.746. The maximum absolute atomic E-state index is 4.69. The first-order chi connectivity index (χ1) is 22.8. The summed E-state index contributed by atoms with van der Waals surface area (Å²) in [7, 11) is 0. The van der Waals surface area contributed by atoms with Crippen molar-refractivity contribution in [3.63, 3.8) is 0 Å². The molecule has 10 rings (SSSR count). The normalized spacial score (nSPS) is 11.9. The molecule has 0 unspecified atom stereocenters. The van der Waals surface area contributed by atoms with Crippen LogP contribution < -0.4 is 0 Å². The maximum Gasteiger partial charge on any atom is 0.160 e. The van der Waals surface area contributed by atoms with Gasteiger partial charge in [-0.05, 0) is 93.0 Å². The molecular formula is C44H26N2. The molecular weight excluding hydrogens is 556 g/mol. The second kappa shape index (κ2) is 9.69. The average Bonchev–Trinajstić information content (AvgIpc) is 3.13. The molecule has 0 N–H and O–H groups in total. The third kappa shape index (κ3) is 3.53. The molecule has 0 aliphatic carbocycles. The Bertz CT molecular complexity index is 2720. The van der Waals surface area contributed by atoms with Gasteiger partial charge in [-0.3, -0.25) is 0 Å². The van der Waals surface area contributed by atoms with Gasteiger partial charge in [-0.25, -0.2) is 9.97 Å². The number of rotatable bonds is 3. The number of nitrogens with zero attached hydrogens (tertiary/aromatic N) is 2. The van der Waals surface area contributed by atoms with Crippen LogP contribution in [0.5, 0.6) is 0 Å². The molecule has 46 heavy (non-hydrogen) atoms. The van der Waals surface area contributed by atoms with Gasteiger partial charge in [-0.2, -0.15) is 0 Å². The fourth-order valence-electron chi connectivity index (χ4n) is 7.82. The molecule has 0 saturated heterocycles. The first kappa shape index (κ1) is 25.2. The molecule has 2 nitrogen and oxygen atoms in total. The van der Waals surface area contributed by atoms with Crippen molar-refractivity contribution < 1.29 is 0 Å². The fraction of sp³-hybridized carbons (Fsp3) is 0. The quantitative estimate of drug-likeness (QED) is 0.153. The minimum absolute atomic E-state index is 0.746. The van der Waals surface area contributed by atoms with E-state index in [-0.39, 0.29) is 0 Å². The van der Waals surface area contributed by atoms with Crippen LogP contribution in [0.4, 0.5) is 0 Å². The summed E-state index contributed by atoms with van der Waals surface area (Å²) < 4.78 is 0. The molecule has 2 heteroatoms. The van der Waals surface area contributed by atoms with E-state index in [2.05, 4.69) is 140 Å². The Kier molecular flexibility index (Phi) is 5.31. The number of hydrogen-bond donors (Lipinski definition) is 0. The van der Waals surface area contributed by atoms with E-state index in [0.29, 0.717) is 0 Å². The molecule has 0 amide bonds. The Balaban J connectivity index is 1.29. The zero-order chi connectivity index (χ0) is 30.2. The van der Waals surface area contributed by atoms with Crippen LogP contribution in [0.2, 0.25) is 0 Å². The minimum Gasteiger partial charge on any atom is -0.237 e. The van der Waals surface area contributed by atoms with Crippen LogP contribution in [0.1, 0.15) is 0 Å². The van der Waals surface area contributed by atoms with Gasteiger partial charge >= 0.3 is 0 Å². The summed E-state index contributed by atoms with van der Waals surface area (Å²) >= 11 is 0. The van der Waals surface area contributed by atoms with Gasteiger partial charge in [0.05, 0.1) is 0 Å². The lowest BCUT2D eigenvalue weighted by Crippen LogP contribution is -1.94. The highest BCUT2D eigenvalue weighted by molar-refractivity contribution is 6.27. The van der Waals surface area contributed by atoms with E-state index in [9.17, 15) is 0 Å².